The standard InChI is InChI=1S/C7H15NOS/c9-3-1-2-6-4-7(10)5-8-6/h6-10H,1-5H2. The predicted molar refractivity (Wildman–Crippen MR) is 45.5 cm³/mol. The fraction of sp³-hybridized carbons (Fsp3) is 1.00. The molecular weight excluding hydrogens is 146 g/mol. The smallest absolute Gasteiger partial charge is 0.0431 e. The lowest BCUT2D eigenvalue weighted by atomic mass is 10.1. The highest BCUT2D eigenvalue weighted by atomic mass is 32.1. The first kappa shape index (κ1) is 8.37. The summed E-state index contributed by atoms with van der Waals surface area (Å²) in [7, 11) is 0. The van der Waals surface area contributed by atoms with Gasteiger partial charge in [0.05, 0.1) is 0 Å². The summed E-state index contributed by atoms with van der Waals surface area (Å²) in [6, 6.07) is 0.606. The van der Waals surface area contributed by atoms with Gasteiger partial charge in [-0.25, -0.2) is 0 Å². The molecule has 2 nitrogen and oxygen atoms in total. The molecule has 1 aliphatic heterocycles. The lowest BCUT2D eigenvalue weighted by Crippen LogP contribution is -2.21. The molecule has 3 heteroatoms. The van der Waals surface area contributed by atoms with Crippen LogP contribution >= 0.6 is 12.6 Å². The van der Waals surface area contributed by atoms with Gasteiger partial charge < -0.3 is 10.4 Å². The Bertz CT molecular complexity index is 99.6. The van der Waals surface area contributed by atoms with E-state index in [4.69, 9.17) is 5.11 Å². The molecule has 0 saturated carbocycles. The normalized spacial score (nSPS) is 33.0. The van der Waals surface area contributed by atoms with E-state index < -0.39 is 0 Å². The molecule has 0 aliphatic carbocycles. The fourth-order valence-electron chi connectivity index (χ4n) is 1.36. The number of rotatable bonds is 3. The second kappa shape index (κ2) is 4.21. The first-order valence-electron chi connectivity index (χ1n) is 3.85. The van der Waals surface area contributed by atoms with Crippen LogP contribution in [0.25, 0.3) is 0 Å². The monoisotopic (exact) mass is 161 g/mol. The predicted octanol–water partition coefficient (Wildman–Crippen LogP) is 0.419. The summed E-state index contributed by atoms with van der Waals surface area (Å²) in [5.41, 5.74) is 0. The molecular formula is C7H15NOS. The second-order valence-electron chi connectivity index (χ2n) is 2.86. The van der Waals surface area contributed by atoms with E-state index in [9.17, 15) is 0 Å². The molecule has 2 atom stereocenters. The minimum absolute atomic E-state index is 0.315. The number of aliphatic hydroxyl groups excluding tert-OH is 1. The van der Waals surface area contributed by atoms with Crippen LogP contribution in [-0.2, 0) is 0 Å². The molecule has 1 heterocycles. The zero-order chi connectivity index (χ0) is 7.40. The fourth-order valence-corrected chi connectivity index (χ4v) is 1.72. The molecule has 0 amide bonds. The molecule has 0 radical (unpaired) electrons. The van der Waals surface area contributed by atoms with E-state index in [0.717, 1.165) is 25.8 Å². The number of nitrogens with one attached hydrogen (secondary N) is 1. The zero-order valence-corrected chi connectivity index (χ0v) is 6.98. The summed E-state index contributed by atoms with van der Waals surface area (Å²) in [6.45, 7) is 1.34. The van der Waals surface area contributed by atoms with Crippen molar-refractivity contribution in [2.45, 2.75) is 30.6 Å². The maximum Gasteiger partial charge on any atom is 0.0431 e. The number of thiol groups is 1. The van der Waals surface area contributed by atoms with E-state index in [0.29, 0.717) is 17.9 Å². The van der Waals surface area contributed by atoms with Gasteiger partial charge in [-0.2, -0.15) is 12.6 Å². The molecule has 0 aromatic carbocycles. The Labute approximate surface area is 67.4 Å². The summed E-state index contributed by atoms with van der Waals surface area (Å²) in [5, 5.41) is 12.4. The lowest BCUT2D eigenvalue weighted by Gasteiger charge is -2.07. The molecule has 60 valence electrons. The Morgan fingerprint density at radius 3 is 2.90 bits per heavy atom. The highest BCUT2D eigenvalue weighted by Crippen LogP contribution is 2.15. The molecule has 10 heavy (non-hydrogen) atoms. The van der Waals surface area contributed by atoms with Crippen molar-refractivity contribution in [2.75, 3.05) is 13.2 Å². The van der Waals surface area contributed by atoms with Gasteiger partial charge >= 0.3 is 0 Å². The molecule has 0 spiro atoms. The van der Waals surface area contributed by atoms with E-state index >= 15 is 0 Å². The zero-order valence-electron chi connectivity index (χ0n) is 6.08. The van der Waals surface area contributed by atoms with Crippen LogP contribution in [0.3, 0.4) is 0 Å². The topological polar surface area (TPSA) is 32.3 Å². The van der Waals surface area contributed by atoms with Gasteiger partial charge in [-0.05, 0) is 19.3 Å². The first-order chi connectivity index (χ1) is 4.83. The molecule has 2 N–H and O–H groups in total. The highest BCUT2D eigenvalue weighted by molar-refractivity contribution is 7.81. The lowest BCUT2D eigenvalue weighted by molar-refractivity contribution is 0.277. The van der Waals surface area contributed by atoms with Crippen LogP contribution in [0.1, 0.15) is 19.3 Å². The second-order valence-corrected chi connectivity index (χ2v) is 3.59. The van der Waals surface area contributed by atoms with E-state index in [1.165, 1.54) is 0 Å². The molecule has 1 rings (SSSR count). The average molecular weight is 161 g/mol. The van der Waals surface area contributed by atoms with Gasteiger partial charge in [0, 0.05) is 24.4 Å². The summed E-state index contributed by atoms with van der Waals surface area (Å²) in [5.74, 6) is 0. The van der Waals surface area contributed by atoms with Gasteiger partial charge in [-0.1, -0.05) is 0 Å². The molecule has 1 saturated heterocycles. The van der Waals surface area contributed by atoms with Crippen LogP contribution in [0.4, 0.5) is 0 Å². The summed E-state index contributed by atoms with van der Waals surface area (Å²) in [6.07, 6.45) is 3.16. The van der Waals surface area contributed by atoms with Crippen LogP contribution in [0.5, 0.6) is 0 Å². The van der Waals surface area contributed by atoms with Crippen molar-refractivity contribution in [3.8, 4) is 0 Å². The van der Waals surface area contributed by atoms with Crippen LogP contribution in [0.15, 0.2) is 0 Å². The van der Waals surface area contributed by atoms with Gasteiger partial charge in [-0.3, -0.25) is 0 Å². The van der Waals surface area contributed by atoms with Gasteiger partial charge in [0.15, 0.2) is 0 Å². The van der Waals surface area contributed by atoms with E-state index in [1.54, 1.807) is 0 Å². The minimum atomic E-state index is 0.315. The SMILES string of the molecule is OCCCC1CC(S)CN1. The van der Waals surface area contributed by atoms with Crippen molar-refractivity contribution in [3.63, 3.8) is 0 Å². The van der Waals surface area contributed by atoms with Gasteiger partial charge in [0.2, 0.25) is 0 Å². The molecule has 2 unspecified atom stereocenters. The Morgan fingerprint density at radius 1 is 1.60 bits per heavy atom. The third kappa shape index (κ3) is 2.48. The average Bonchev–Trinajstić information content (AvgIpc) is 2.31. The summed E-state index contributed by atoms with van der Waals surface area (Å²) < 4.78 is 0. The largest absolute Gasteiger partial charge is 0.396 e. The number of hydrogen-bond acceptors (Lipinski definition) is 3. The van der Waals surface area contributed by atoms with Gasteiger partial charge in [-0.15, -0.1) is 0 Å². The van der Waals surface area contributed by atoms with Crippen LogP contribution in [0.2, 0.25) is 0 Å². The van der Waals surface area contributed by atoms with Crippen LogP contribution < -0.4 is 5.32 Å². The molecule has 1 fully saturated rings. The molecule has 0 aromatic rings. The van der Waals surface area contributed by atoms with Gasteiger partial charge in [0.25, 0.3) is 0 Å². The van der Waals surface area contributed by atoms with Crippen LogP contribution in [0, 0.1) is 0 Å². The number of aliphatic hydroxyl groups is 1. The molecule has 0 aromatic heterocycles. The van der Waals surface area contributed by atoms with Crippen molar-refractivity contribution in [3.05, 3.63) is 0 Å². The Kier molecular flexibility index (Phi) is 3.52. The third-order valence-electron chi connectivity index (χ3n) is 1.91. The maximum absolute atomic E-state index is 8.55. The van der Waals surface area contributed by atoms with Crippen molar-refractivity contribution >= 4 is 12.6 Å². The van der Waals surface area contributed by atoms with Crippen LogP contribution in [-0.4, -0.2) is 29.5 Å². The van der Waals surface area contributed by atoms with E-state index in [2.05, 4.69) is 17.9 Å². The summed E-state index contributed by atoms with van der Waals surface area (Å²) in [4.78, 5) is 0. The van der Waals surface area contributed by atoms with Crippen molar-refractivity contribution in [2.24, 2.45) is 0 Å². The van der Waals surface area contributed by atoms with Crippen molar-refractivity contribution in [1.29, 1.82) is 0 Å². The van der Waals surface area contributed by atoms with Crippen molar-refractivity contribution in [1.82, 2.24) is 5.32 Å². The Hall–Kier alpha value is 0.270. The van der Waals surface area contributed by atoms with E-state index in [1.807, 2.05) is 0 Å². The highest BCUT2D eigenvalue weighted by Gasteiger charge is 2.19. The van der Waals surface area contributed by atoms with E-state index in [-0.39, 0.29) is 0 Å². The minimum Gasteiger partial charge on any atom is -0.396 e. The third-order valence-corrected chi connectivity index (χ3v) is 2.30. The molecule has 1 aliphatic rings. The van der Waals surface area contributed by atoms with Gasteiger partial charge in [0.1, 0.15) is 0 Å². The Balaban J connectivity index is 2.06. The quantitative estimate of drug-likeness (QED) is 0.524. The Morgan fingerprint density at radius 2 is 2.40 bits per heavy atom. The first-order valence-corrected chi connectivity index (χ1v) is 4.37. The molecule has 0 bridgehead atoms. The summed E-state index contributed by atoms with van der Waals surface area (Å²) >= 11 is 4.35. The maximum atomic E-state index is 8.55. The number of hydrogen-bond donors (Lipinski definition) is 3. The van der Waals surface area contributed by atoms with Crippen molar-refractivity contribution < 1.29 is 5.11 Å².